The van der Waals surface area contributed by atoms with Gasteiger partial charge in [0.1, 0.15) is 0 Å². The van der Waals surface area contributed by atoms with Gasteiger partial charge in [0.15, 0.2) is 6.29 Å². The molecule has 0 fully saturated rings. The van der Waals surface area contributed by atoms with Crippen LogP contribution in [0.1, 0.15) is 25.0 Å². The van der Waals surface area contributed by atoms with Crippen LogP contribution in [-0.4, -0.2) is 25.5 Å². The summed E-state index contributed by atoms with van der Waals surface area (Å²) >= 11 is 6.24. The third-order valence-corrected chi connectivity index (χ3v) is 3.20. The van der Waals surface area contributed by atoms with Crippen molar-refractivity contribution < 1.29 is 9.47 Å². The Morgan fingerprint density at radius 2 is 1.89 bits per heavy atom. The molecule has 0 heterocycles. The van der Waals surface area contributed by atoms with Crippen molar-refractivity contribution in [3.63, 3.8) is 0 Å². The fourth-order valence-electron chi connectivity index (χ4n) is 1.90. The number of hydrogen-bond acceptors (Lipinski definition) is 4. The van der Waals surface area contributed by atoms with E-state index in [1.807, 2.05) is 39.0 Å². The van der Waals surface area contributed by atoms with Crippen LogP contribution in [0.3, 0.4) is 0 Å². The molecular formula is C14H23ClN2O2. The minimum absolute atomic E-state index is 0.139. The number of ether oxygens (including phenoxy) is 2. The van der Waals surface area contributed by atoms with E-state index in [2.05, 4.69) is 5.43 Å². The molecule has 1 unspecified atom stereocenters. The SMILES string of the molecule is CCOC(OCC)C(Cc1ccc(C)cc1Cl)NN. The molecule has 1 rings (SSSR count). The Balaban J connectivity index is 2.78. The summed E-state index contributed by atoms with van der Waals surface area (Å²) in [6.07, 6.45) is 0.276. The Kier molecular flexibility index (Phi) is 7.34. The van der Waals surface area contributed by atoms with E-state index >= 15 is 0 Å². The summed E-state index contributed by atoms with van der Waals surface area (Å²) in [4.78, 5) is 0. The van der Waals surface area contributed by atoms with Crippen molar-refractivity contribution in [2.75, 3.05) is 13.2 Å². The number of halogens is 1. The van der Waals surface area contributed by atoms with Crippen LogP contribution in [0.2, 0.25) is 5.02 Å². The normalized spacial score (nSPS) is 12.9. The molecule has 0 aromatic heterocycles. The highest BCUT2D eigenvalue weighted by molar-refractivity contribution is 6.31. The molecule has 0 radical (unpaired) electrons. The Morgan fingerprint density at radius 1 is 1.26 bits per heavy atom. The van der Waals surface area contributed by atoms with Crippen LogP contribution in [0.15, 0.2) is 18.2 Å². The molecule has 5 heteroatoms. The summed E-state index contributed by atoms with van der Waals surface area (Å²) < 4.78 is 11.1. The molecule has 1 atom stereocenters. The molecule has 0 bridgehead atoms. The van der Waals surface area contributed by atoms with Crippen molar-refractivity contribution in [2.24, 2.45) is 5.84 Å². The smallest absolute Gasteiger partial charge is 0.174 e. The second-order valence-corrected chi connectivity index (χ2v) is 4.76. The van der Waals surface area contributed by atoms with Gasteiger partial charge in [-0.3, -0.25) is 11.3 Å². The molecule has 0 aliphatic rings. The summed E-state index contributed by atoms with van der Waals surface area (Å²) in [7, 11) is 0. The van der Waals surface area contributed by atoms with E-state index in [4.69, 9.17) is 26.9 Å². The van der Waals surface area contributed by atoms with Crippen LogP contribution < -0.4 is 11.3 Å². The van der Waals surface area contributed by atoms with Gasteiger partial charge in [0.05, 0.1) is 6.04 Å². The minimum atomic E-state index is -0.377. The summed E-state index contributed by atoms with van der Waals surface area (Å²) in [5.74, 6) is 5.61. The molecule has 0 aliphatic heterocycles. The second kappa shape index (κ2) is 8.51. The second-order valence-electron chi connectivity index (χ2n) is 4.35. The first-order valence-electron chi connectivity index (χ1n) is 6.56. The van der Waals surface area contributed by atoms with Gasteiger partial charge in [-0.15, -0.1) is 0 Å². The number of nitrogens with one attached hydrogen (secondary N) is 1. The van der Waals surface area contributed by atoms with Crippen molar-refractivity contribution in [1.29, 1.82) is 0 Å². The van der Waals surface area contributed by atoms with Crippen molar-refractivity contribution in [3.8, 4) is 0 Å². The Bertz CT molecular complexity index is 382. The standard InChI is InChI=1S/C14H23ClN2O2/c1-4-18-14(19-5-2)13(17-16)9-11-7-6-10(3)8-12(11)15/h6-8,13-14,17H,4-5,9,16H2,1-3H3. The predicted octanol–water partition coefficient (Wildman–Crippen LogP) is 2.42. The molecule has 0 spiro atoms. The third kappa shape index (κ3) is 5.09. The van der Waals surface area contributed by atoms with Crippen molar-refractivity contribution >= 4 is 11.6 Å². The molecule has 1 aromatic carbocycles. The molecule has 3 N–H and O–H groups in total. The largest absolute Gasteiger partial charge is 0.351 e. The highest BCUT2D eigenvalue weighted by Gasteiger charge is 2.22. The number of hydrazine groups is 1. The van der Waals surface area contributed by atoms with E-state index < -0.39 is 0 Å². The first kappa shape index (κ1) is 16.4. The third-order valence-electron chi connectivity index (χ3n) is 2.85. The lowest BCUT2D eigenvalue weighted by Gasteiger charge is -2.26. The first-order valence-corrected chi connectivity index (χ1v) is 6.94. The minimum Gasteiger partial charge on any atom is -0.351 e. The fourth-order valence-corrected chi connectivity index (χ4v) is 2.21. The average molecular weight is 287 g/mol. The van der Waals surface area contributed by atoms with Crippen LogP contribution in [0.4, 0.5) is 0 Å². The molecular weight excluding hydrogens is 264 g/mol. The zero-order chi connectivity index (χ0) is 14.3. The molecule has 4 nitrogen and oxygen atoms in total. The van der Waals surface area contributed by atoms with Crippen LogP contribution in [-0.2, 0) is 15.9 Å². The van der Waals surface area contributed by atoms with E-state index in [1.54, 1.807) is 0 Å². The van der Waals surface area contributed by atoms with Crippen molar-refractivity contribution in [1.82, 2.24) is 5.43 Å². The Hall–Kier alpha value is -0.650. The average Bonchev–Trinajstić information content (AvgIpc) is 2.38. The van der Waals surface area contributed by atoms with Crippen LogP contribution >= 0.6 is 11.6 Å². The van der Waals surface area contributed by atoms with Crippen LogP contribution in [0, 0.1) is 6.92 Å². The summed E-state index contributed by atoms with van der Waals surface area (Å²) in [5, 5.41) is 0.743. The highest BCUT2D eigenvalue weighted by atomic mass is 35.5. The molecule has 108 valence electrons. The van der Waals surface area contributed by atoms with Gasteiger partial charge in [0.2, 0.25) is 0 Å². The van der Waals surface area contributed by atoms with E-state index in [0.29, 0.717) is 19.6 Å². The van der Waals surface area contributed by atoms with Gasteiger partial charge in [-0.2, -0.15) is 0 Å². The van der Waals surface area contributed by atoms with Gasteiger partial charge in [-0.05, 0) is 44.4 Å². The van der Waals surface area contributed by atoms with Gasteiger partial charge in [-0.25, -0.2) is 0 Å². The number of aryl methyl sites for hydroxylation is 1. The van der Waals surface area contributed by atoms with Crippen LogP contribution in [0.5, 0.6) is 0 Å². The van der Waals surface area contributed by atoms with Gasteiger partial charge in [0, 0.05) is 18.2 Å². The maximum Gasteiger partial charge on any atom is 0.174 e. The molecule has 0 amide bonds. The summed E-state index contributed by atoms with van der Waals surface area (Å²) in [5.41, 5.74) is 4.92. The lowest BCUT2D eigenvalue weighted by atomic mass is 10.0. The molecule has 0 aliphatic carbocycles. The van der Waals surface area contributed by atoms with E-state index in [9.17, 15) is 0 Å². The van der Waals surface area contributed by atoms with Crippen molar-refractivity contribution in [2.45, 2.75) is 39.5 Å². The van der Waals surface area contributed by atoms with E-state index in [1.165, 1.54) is 0 Å². The van der Waals surface area contributed by atoms with Crippen LogP contribution in [0.25, 0.3) is 0 Å². The number of nitrogens with two attached hydrogens (primary N) is 1. The molecule has 19 heavy (non-hydrogen) atoms. The molecule has 0 saturated heterocycles. The zero-order valence-corrected chi connectivity index (χ0v) is 12.5. The molecule has 1 aromatic rings. The van der Waals surface area contributed by atoms with Gasteiger partial charge < -0.3 is 9.47 Å². The predicted molar refractivity (Wildman–Crippen MR) is 78.0 cm³/mol. The first-order chi connectivity index (χ1) is 9.12. The highest BCUT2D eigenvalue weighted by Crippen LogP contribution is 2.20. The lowest BCUT2D eigenvalue weighted by molar-refractivity contribution is -0.153. The summed E-state index contributed by atoms with van der Waals surface area (Å²) in [6.45, 7) is 7.02. The maximum absolute atomic E-state index is 6.24. The van der Waals surface area contributed by atoms with Gasteiger partial charge in [0.25, 0.3) is 0 Å². The Labute approximate surface area is 120 Å². The maximum atomic E-state index is 6.24. The molecule has 0 saturated carbocycles. The monoisotopic (exact) mass is 286 g/mol. The lowest BCUT2D eigenvalue weighted by Crippen LogP contribution is -2.48. The fraction of sp³-hybridized carbons (Fsp3) is 0.571. The topological polar surface area (TPSA) is 56.5 Å². The zero-order valence-electron chi connectivity index (χ0n) is 11.8. The van der Waals surface area contributed by atoms with E-state index in [-0.39, 0.29) is 12.3 Å². The van der Waals surface area contributed by atoms with E-state index in [0.717, 1.165) is 16.1 Å². The number of rotatable bonds is 8. The van der Waals surface area contributed by atoms with Crippen molar-refractivity contribution in [3.05, 3.63) is 34.3 Å². The van der Waals surface area contributed by atoms with Gasteiger partial charge in [-0.1, -0.05) is 23.7 Å². The number of hydrogen-bond donors (Lipinski definition) is 2. The number of benzene rings is 1. The Morgan fingerprint density at radius 3 is 2.37 bits per heavy atom. The summed E-state index contributed by atoms with van der Waals surface area (Å²) in [6, 6.07) is 5.85. The van der Waals surface area contributed by atoms with Gasteiger partial charge >= 0.3 is 0 Å². The quantitative estimate of drug-likeness (QED) is 0.438.